The first-order valence-electron chi connectivity index (χ1n) is 11.6. The Morgan fingerprint density at radius 2 is 1.70 bits per heavy atom. The first-order valence-corrected chi connectivity index (χ1v) is 11.6. The fourth-order valence-corrected chi connectivity index (χ4v) is 4.62. The van der Waals surface area contributed by atoms with Crippen molar-refractivity contribution in [2.24, 2.45) is 0 Å². The number of nitrogens with zero attached hydrogens (tertiary/aromatic N) is 5. The highest BCUT2D eigenvalue weighted by molar-refractivity contribution is 5.76. The summed E-state index contributed by atoms with van der Waals surface area (Å²) in [5.41, 5.74) is 3.24. The van der Waals surface area contributed by atoms with E-state index in [1.54, 1.807) is 6.33 Å². The molecule has 1 fully saturated rings. The maximum Gasteiger partial charge on any atom is 0.261 e. The maximum atomic E-state index is 13.0. The van der Waals surface area contributed by atoms with E-state index in [9.17, 15) is 4.79 Å². The van der Waals surface area contributed by atoms with Crippen molar-refractivity contribution in [3.8, 4) is 0 Å². The summed E-state index contributed by atoms with van der Waals surface area (Å²) < 4.78 is 1.84. The Labute approximate surface area is 194 Å². The molecule has 6 heteroatoms. The zero-order chi connectivity index (χ0) is 22.6. The van der Waals surface area contributed by atoms with E-state index < -0.39 is 0 Å². The molecular formula is C27H29N5O. The summed E-state index contributed by atoms with van der Waals surface area (Å²) in [6.45, 7) is 5.85. The van der Waals surface area contributed by atoms with Gasteiger partial charge >= 0.3 is 0 Å². The second-order valence-electron chi connectivity index (χ2n) is 8.72. The predicted molar refractivity (Wildman–Crippen MR) is 133 cm³/mol. The van der Waals surface area contributed by atoms with E-state index in [0.29, 0.717) is 5.39 Å². The minimum atomic E-state index is 0.0692. The lowest BCUT2D eigenvalue weighted by molar-refractivity contribution is 0.188. The summed E-state index contributed by atoms with van der Waals surface area (Å²) in [5.74, 6) is 0.963. The third kappa shape index (κ3) is 4.66. The molecule has 0 N–H and O–H groups in total. The summed E-state index contributed by atoms with van der Waals surface area (Å²) >= 11 is 0. The Kier molecular flexibility index (Phi) is 6.17. The van der Waals surface area contributed by atoms with Crippen LogP contribution in [0.25, 0.3) is 10.9 Å². The van der Waals surface area contributed by atoms with Crippen LogP contribution < -0.4 is 10.5 Å². The summed E-state index contributed by atoms with van der Waals surface area (Å²) in [5, 5.41) is 0.700. The van der Waals surface area contributed by atoms with E-state index in [1.807, 2.05) is 47.2 Å². The number of pyridine rings is 1. The van der Waals surface area contributed by atoms with E-state index in [1.165, 1.54) is 5.56 Å². The number of fused-ring (bicyclic) bond motifs is 1. The van der Waals surface area contributed by atoms with Crippen LogP contribution in [0.4, 0.5) is 11.5 Å². The van der Waals surface area contributed by atoms with Crippen molar-refractivity contribution in [3.05, 3.63) is 95.2 Å². The average molecular weight is 440 g/mol. The van der Waals surface area contributed by atoms with Crippen molar-refractivity contribution < 1.29 is 0 Å². The third-order valence-electron chi connectivity index (χ3n) is 6.55. The van der Waals surface area contributed by atoms with Gasteiger partial charge in [-0.15, -0.1) is 0 Å². The maximum absolute atomic E-state index is 13.0. The van der Waals surface area contributed by atoms with Gasteiger partial charge in [-0.05, 0) is 56.2 Å². The number of rotatable bonds is 6. The molecule has 0 aliphatic carbocycles. The van der Waals surface area contributed by atoms with E-state index in [4.69, 9.17) is 0 Å². The summed E-state index contributed by atoms with van der Waals surface area (Å²) in [4.78, 5) is 26.8. The van der Waals surface area contributed by atoms with Crippen molar-refractivity contribution in [2.75, 3.05) is 31.1 Å². The van der Waals surface area contributed by atoms with Crippen LogP contribution in [0.5, 0.6) is 0 Å². The van der Waals surface area contributed by atoms with Crippen molar-refractivity contribution in [1.29, 1.82) is 0 Å². The molecular weight excluding hydrogens is 410 g/mol. The van der Waals surface area contributed by atoms with E-state index >= 15 is 0 Å². The molecule has 0 radical (unpaired) electrons. The van der Waals surface area contributed by atoms with Crippen molar-refractivity contribution >= 4 is 22.4 Å². The van der Waals surface area contributed by atoms with E-state index in [2.05, 4.69) is 57.0 Å². The quantitative estimate of drug-likeness (QED) is 0.440. The van der Waals surface area contributed by atoms with Gasteiger partial charge in [0.1, 0.15) is 5.82 Å². The van der Waals surface area contributed by atoms with Crippen molar-refractivity contribution in [3.63, 3.8) is 0 Å². The Bertz CT molecular complexity index is 1260. The number of anilines is 2. The van der Waals surface area contributed by atoms with Crippen LogP contribution in [0.2, 0.25) is 0 Å². The van der Waals surface area contributed by atoms with Crippen LogP contribution in [0.3, 0.4) is 0 Å². The normalized spacial score (nSPS) is 15.1. The number of aromatic nitrogens is 3. The van der Waals surface area contributed by atoms with Gasteiger partial charge in [0, 0.05) is 44.1 Å². The molecule has 1 aliphatic rings. The molecule has 6 nitrogen and oxygen atoms in total. The summed E-state index contributed by atoms with van der Waals surface area (Å²) in [6.07, 6.45) is 5.48. The topological polar surface area (TPSA) is 54.3 Å². The molecule has 0 bridgehead atoms. The highest BCUT2D eigenvalue weighted by Crippen LogP contribution is 2.25. The number of benzene rings is 2. The lowest BCUT2D eigenvalue weighted by Gasteiger charge is -2.34. The second kappa shape index (κ2) is 9.55. The van der Waals surface area contributed by atoms with Gasteiger partial charge in [0.15, 0.2) is 0 Å². The Balaban J connectivity index is 1.25. The molecule has 5 rings (SSSR count). The highest BCUT2D eigenvalue weighted by Gasteiger charge is 2.23. The largest absolute Gasteiger partial charge is 0.325 e. The minimum absolute atomic E-state index is 0.0692. The lowest BCUT2D eigenvalue weighted by Crippen LogP contribution is -2.40. The van der Waals surface area contributed by atoms with Crippen LogP contribution in [0, 0.1) is 6.92 Å². The summed E-state index contributed by atoms with van der Waals surface area (Å²) in [7, 11) is 0. The average Bonchev–Trinajstić information content (AvgIpc) is 2.87. The number of hydrogen-bond acceptors (Lipinski definition) is 5. The smallest absolute Gasteiger partial charge is 0.261 e. The van der Waals surface area contributed by atoms with E-state index in [-0.39, 0.29) is 11.6 Å². The van der Waals surface area contributed by atoms with Crippen LogP contribution in [-0.2, 0) is 0 Å². The predicted octanol–water partition coefficient (Wildman–Crippen LogP) is 4.58. The van der Waals surface area contributed by atoms with Gasteiger partial charge in [-0.2, -0.15) is 0 Å². The molecule has 0 atom stereocenters. The molecule has 1 aliphatic heterocycles. The molecule has 168 valence electrons. The van der Waals surface area contributed by atoms with Crippen LogP contribution in [0.15, 0.2) is 84.0 Å². The number of aryl methyl sites for hydroxylation is 1. The molecule has 33 heavy (non-hydrogen) atoms. The standard InChI is InChI=1S/C27H29N5O/c1-21-9-11-22(12-10-21)31(26-8-4-5-15-28-26)19-18-30-16-13-23(14-17-30)32-20-29-25-7-3-2-6-24(25)27(32)33/h2-12,15,20,23H,13-14,16-19H2,1H3. The Hall–Kier alpha value is -3.51. The number of para-hydroxylation sites is 1. The Morgan fingerprint density at radius 1 is 0.939 bits per heavy atom. The summed E-state index contributed by atoms with van der Waals surface area (Å²) in [6, 6.07) is 22.4. The van der Waals surface area contributed by atoms with Crippen molar-refractivity contribution in [1.82, 2.24) is 19.4 Å². The molecule has 3 heterocycles. The van der Waals surface area contributed by atoms with Gasteiger partial charge in [-0.3, -0.25) is 9.36 Å². The van der Waals surface area contributed by atoms with Gasteiger partial charge in [-0.25, -0.2) is 9.97 Å². The van der Waals surface area contributed by atoms with Crippen LogP contribution in [-0.4, -0.2) is 45.6 Å². The van der Waals surface area contributed by atoms with E-state index in [0.717, 1.165) is 56.0 Å². The first kappa shape index (κ1) is 21.3. The minimum Gasteiger partial charge on any atom is -0.325 e. The highest BCUT2D eigenvalue weighted by atomic mass is 16.1. The molecule has 0 unspecified atom stereocenters. The lowest BCUT2D eigenvalue weighted by atomic mass is 10.0. The third-order valence-corrected chi connectivity index (χ3v) is 6.55. The fourth-order valence-electron chi connectivity index (χ4n) is 4.62. The van der Waals surface area contributed by atoms with Crippen LogP contribution >= 0.6 is 0 Å². The number of piperidine rings is 1. The van der Waals surface area contributed by atoms with Gasteiger partial charge in [-0.1, -0.05) is 35.9 Å². The SMILES string of the molecule is Cc1ccc(N(CCN2CCC(n3cnc4ccccc4c3=O)CC2)c2ccccn2)cc1. The molecule has 0 amide bonds. The van der Waals surface area contributed by atoms with Crippen molar-refractivity contribution in [2.45, 2.75) is 25.8 Å². The van der Waals surface area contributed by atoms with Crippen LogP contribution in [0.1, 0.15) is 24.4 Å². The zero-order valence-electron chi connectivity index (χ0n) is 19.0. The first-order chi connectivity index (χ1) is 16.2. The zero-order valence-corrected chi connectivity index (χ0v) is 19.0. The Morgan fingerprint density at radius 3 is 2.45 bits per heavy atom. The molecule has 2 aromatic heterocycles. The molecule has 0 spiro atoms. The number of hydrogen-bond donors (Lipinski definition) is 0. The molecule has 2 aromatic carbocycles. The van der Waals surface area contributed by atoms with Gasteiger partial charge < -0.3 is 9.80 Å². The molecule has 4 aromatic rings. The van der Waals surface area contributed by atoms with Gasteiger partial charge in [0.25, 0.3) is 5.56 Å². The second-order valence-corrected chi connectivity index (χ2v) is 8.72. The monoisotopic (exact) mass is 439 g/mol. The number of likely N-dealkylation sites (tertiary alicyclic amines) is 1. The van der Waals surface area contributed by atoms with Gasteiger partial charge in [0.05, 0.1) is 17.2 Å². The van der Waals surface area contributed by atoms with Gasteiger partial charge in [0.2, 0.25) is 0 Å². The molecule has 1 saturated heterocycles. The fraction of sp³-hybridized carbons (Fsp3) is 0.296. The molecule has 0 saturated carbocycles.